The average Bonchev–Trinajstić information content (AvgIpc) is 3.61. The summed E-state index contributed by atoms with van der Waals surface area (Å²) >= 11 is 0. The lowest BCUT2D eigenvalue weighted by Gasteiger charge is -2.51. The van der Waals surface area contributed by atoms with Crippen LogP contribution < -0.4 is 10.2 Å². The predicted molar refractivity (Wildman–Crippen MR) is 154 cm³/mol. The van der Waals surface area contributed by atoms with Gasteiger partial charge in [0.15, 0.2) is 11.4 Å². The smallest absolute Gasteiger partial charge is 0.322 e. The topological polar surface area (TPSA) is 136 Å². The number of hydrogen-bond acceptors (Lipinski definition) is 7. The van der Waals surface area contributed by atoms with Crippen molar-refractivity contribution in [2.45, 2.75) is 50.9 Å². The Kier molecular flexibility index (Phi) is 6.93. The fourth-order valence-corrected chi connectivity index (χ4v) is 7.74. The first-order valence-corrected chi connectivity index (χ1v) is 14.4. The molecule has 2 aliphatic carbocycles. The molecule has 0 saturated carbocycles. The molecule has 1 fully saturated rings. The number of aliphatic hydroxyl groups excluding tert-OH is 1. The number of aliphatic carboxylic acids is 1. The van der Waals surface area contributed by atoms with Gasteiger partial charge in [0.05, 0.1) is 5.69 Å². The number of piperidine rings is 1. The third-order valence-electron chi connectivity index (χ3n) is 9.57. The van der Waals surface area contributed by atoms with Crippen molar-refractivity contribution in [2.75, 3.05) is 31.1 Å². The Hall–Kier alpha value is -3.98. The predicted octanol–water partition coefficient (Wildman–Crippen LogP) is 3.55. The fraction of sp³-hybridized carbons (Fsp3) is 0.438. The summed E-state index contributed by atoms with van der Waals surface area (Å²) in [6, 6.07) is 6.81. The summed E-state index contributed by atoms with van der Waals surface area (Å²) < 4.78 is 0. The number of hydrogen-bond donors (Lipinski definition) is 4. The van der Waals surface area contributed by atoms with E-state index in [4.69, 9.17) is 10.1 Å². The molecule has 1 amide bonds. The summed E-state index contributed by atoms with van der Waals surface area (Å²) in [5, 5.41) is 31.8. The van der Waals surface area contributed by atoms with Crippen LogP contribution in [-0.4, -0.2) is 63.4 Å². The van der Waals surface area contributed by atoms with Gasteiger partial charge in [0.25, 0.3) is 5.91 Å². The number of carboxylic acids is 1. The lowest BCUT2D eigenvalue weighted by molar-refractivity contribution is -0.135. The van der Waals surface area contributed by atoms with Crippen molar-refractivity contribution in [1.82, 2.24) is 15.3 Å². The molecule has 9 nitrogen and oxygen atoms in total. The summed E-state index contributed by atoms with van der Waals surface area (Å²) in [7, 11) is 0. The van der Waals surface area contributed by atoms with Gasteiger partial charge in [-0.25, -0.2) is 9.97 Å². The van der Waals surface area contributed by atoms with Gasteiger partial charge >= 0.3 is 5.97 Å². The molecular formula is C32H36N4O5. The zero-order chi connectivity index (χ0) is 28.9. The Labute approximate surface area is 239 Å². The zero-order valence-corrected chi connectivity index (χ0v) is 23.4. The van der Waals surface area contributed by atoms with Crippen molar-refractivity contribution in [2.24, 2.45) is 11.8 Å². The third-order valence-corrected chi connectivity index (χ3v) is 9.57. The molecule has 0 radical (unpaired) electrons. The molecule has 214 valence electrons. The van der Waals surface area contributed by atoms with Gasteiger partial charge in [0, 0.05) is 42.6 Å². The first kappa shape index (κ1) is 27.2. The quantitative estimate of drug-likeness (QED) is 0.368. The molecule has 6 heterocycles. The minimum Gasteiger partial charge on any atom is -0.504 e. The van der Waals surface area contributed by atoms with Crippen LogP contribution in [0.5, 0.6) is 5.75 Å². The van der Waals surface area contributed by atoms with Crippen LogP contribution in [0, 0.1) is 18.8 Å². The Morgan fingerprint density at radius 2 is 1.85 bits per heavy atom. The molecule has 2 unspecified atom stereocenters. The maximum absolute atomic E-state index is 13.0. The number of benzene rings is 1. The lowest BCUT2D eigenvalue weighted by Crippen LogP contribution is -2.50. The van der Waals surface area contributed by atoms with E-state index in [2.05, 4.69) is 64.6 Å². The molecule has 5 aliphatic heterocycles. The molecule has 7 aliphatic rings. The molecule has 2 aromatic rings. The van der Waals surface area contributed by atoms with E-state index in [9.17, 15) is 19.8 Å². The number of aliphatic hydroxyl groups is 1. The monoisotopic (exact) mass is 556 g/mol. The number of aromatic hydroxyl groups is 1. The number of aryl methyl sites for hydroxylation is 2. The van der Waals surface area contributed by atoms with Crippen LogP contribution in [0.2, 0.25) is 0 Å². The number of nitrogens with one attached hydrogen (secondary N) is 1. The van der Waals surface area contributed by atoms with Crippen molar-refractivity contribution >= 4 is 17.6 Å². The minimum atomic E-state index is -1.18. The van der Waals surface area contributed by atoms with Crippen molar-refractivity contribution in [1.29, 1.82) is 0 Å². The molecule has 2 atom stereocenters. The summed E-state index contributed by atoms with van der Waals surface area (Å²) in [5.41, 5.74) is 5.80. The first-order valence-electron chi connectivity index (χ1n) is 14.4. The molecule has 41 heavy (non-hydrogen) atoms. The Morgan fingerprint density at radius 1 is 1.15 bits per heavy atom. The van der Waals surface area contributed by atoms with Crippen LogP contribution in [0.25, 0.3) is 0 Å². The molecule has 4 N–H and O–H groups in total. The summed E-state index contributed by atoms with van der Waals surface area (Å²) in [5.74, 6) is -1.69. The highest BCUT2D eigenvalue weighted by molar-refractivity contribution is 5.96. The van der Waals surface area contributed by atoms with Gasteiger partial charge in [0.1, 0.15) is 12.4 Å². The van der Waals surface area contributed by atoms with Crippen LogP contribution in [0.1, 0.15) is 65.2 Å². The van der Waals surface area contributed by atoms with Gasteiger partial charge in [0.2, 0.25) is 0 Å². The zero-order valence-electron chi connectivity index (χ0n) is 23.4. The average molecular weight is 557 g/mol. The van der Waals surface area contributed by atoms with Crippen LogP contribution in [0.15, 0.2) is 53.6 Å². The van der Waals surface area contributed by atoms with Crippen molar-refractivity contribution in [3.05, 3.63) is 82.0 Å². The molecule has 9 rings (SSSR count). The number of rotatable bonds is 9. The van der Waals surface area contributed by atoms with E-state index in [0.717, 1.165) is 32.4 Å². The number of nitrogens with zero attached hydrogens (tertiary/aromatic N) is 3. The van der Waals surface area contributed by atoms with E-state index in [1.165, 1.54) is 28.0 Å². The summed E-state index contributed by atoms with van der Waals surface area (Å²) in [6.07, 6.45) is 12.2. The minimum absolute atomic E-state index is 0.0886. The lowest BCUT2D eigenvalue weighted by atomic mass is 9.52. The van der Waals surface area contributed by atoms with Gasteiger partial charge in [-0.2, -0.15) is 0 Å². The maximum atomic E-state index is 13.0. The van der Waals surface area contributed by atoms with Gasteiger partial charge in [-0.15, -0.1) is 0 Å². The number of carboxylic acid groups (broad SMARTS) is 1. The van der Waals surface area contributed by atoms with Crippen LogP contribution in [-0.2, 0) is 16.6 Å². The number of anilines is 1. The molecule has 1 aromatic heterocycles. The molecule has 6 bridgehead atoms. The highest BCUT2D eigenvalue weighted by Crippen LogP contribution is 2.61. The Bertz CT molecular complexity index is 1480. The number of aromatic nitrogens is 2. The largest absolute Gasteiger partial charge is 0.504 e. The third kappa shape index (κ3) is 4.34. The normalized spacial score (nSPS) is 23.2. The molecule has 0 spiro atoms. The second-order valence-corrected chi connectivity index (χ2v) is 11.6. The number of amides is 1. The fourth-order valence-electron chi connectivity index (χ4n) is 7.74. The van der Waals surface area contributed by atoms with Crippen LogP contribution in [0.3, 0.4) is 0 Å². The van der Waals surface area contributed by atoms with Gasteiger partial charge in [-0.3, -0.25) is 9.59 Å². The second-order valence-electron chi connectivity index (χ2n) is 11.6. The van der Waals surface area contributed by atoms with Crippen molar-refractivity contribution in [3.8, 4) is 5.75 Å². The molecule has 1 aromatic carbocycles. The van der Waals surface area contributed by atoms with E-state index in [0.29, 0.717) is 12.2 Å². The molecule has 9 heteroatoms. The van der Waals surface area contributed by atoms with Gasteiger partial charge in [-0.1, -0.05) is 43.4 Å². The number of carbonyl (C=O) groups excluding carboxylic acids is 1. The number of carbonyl (C=O) groups is 2. The van der Waals surface area contributed by atoms with Gasteiger partial charge in [-0.05, 0) is 66.9 Å². The van der Waals surface area contributed by atoms with Crippen LogP contribution >= 0.6 is 0 Å². The number of fused-ring (bicyclic) bond motifs is 2. The van der Waals surface area contributed by atoms with Crippen molar-refractivity contribution < 1.29 is 24.9 Å². The summed E-state index contributed by atoms with van der Waals surface area (Å²) in [6.45, 7) is 5.19. The SMILES string of the molecule is Cc1nc(C(C)C2(C3C4=CC=C3C=C4)c3ccc(c(CCCO)c3)N3CCC2CC3)nc(C(=O)NCC(=O)O)c1O. The van der Waals surface area contributed by atoms with Gasteiger partial charge < -0.3 is 25.5 Å². The standard InChI is InChI=1S/C32H36N4O5/c1-18(30-34-19(2)29(40)28(35-30)31(41)33-17-26(38)39)32(27-20-5-6-21(27)8-7-20)23-11-13-36(14-12-23)25-10-9-24(32)16-22(25)4-3-15-37/h5-10,16,18,23,27,37,40H,3-4,11-15,17H2,1-2H3,(H,33,41)(H,38,39). The van der Waals surface area contributed by atoms with E-state index in [-0.39, 0.29) is 41.5 Å². The number of allylic oxidation sites excluding steroid dienone is 6. The highest BCUT2D eigenvalue weighted by Gasteiger charge is 2.56. The van der Waals surface area contributed by atoms with Crippen molar-refractivity contribution in [3.63, 3.8) is 0 Å². The van der Waals surface area contributed by atoms with E-state index in [1.54, 1.807) is 6.92 Å². The molecular weight excluding hydrogens is 520 g/mol. The van der Waals surface area contributed by atoms with E-state index >= 15 is 0 Å². The highest BCUT2D eigenvalue weighted by atomic mass is 16.4. The maximum Gasteiger partial charge on any atom is 0.322 e. The van der Waals surface area contributed by atoms with E-state index in [1.807, 2.05) is 0 Å². The Balaban J connectivity index is 1.55. The van der Waals surface area contributed by atoms with Crippen LogP contribution in [0.4, 0.5) is 5.69 Å². The van der Waals surface area contributed by atoms with E-state index < -0.39 is 23.8 Å². The first-order chi connectivity index (χ1) is 19.7. The second kappa shape index (κ2) is 10.4. The summed E-state index contributed by atoms with van der Waals surface area (Å²) in [4.78, 5) is 35.9. The Morgan fingerprint density at radius 3 is 2.49 bits per heavy atom. The molecule has 1 saturated heterocycles.